The lowest BCUT2D eigenvalue weighted by atomic mass is 9.99. The largest absolute Gasteiger partial charge is 0.459 e. The van der Waals surface area contributed by atoms with E-state index in [1.807, 2.05) is 29.6 Å². The van der Waals surface area contributed by atoms with E-state index in [-0.39, 0.29) is 11.8 Å². The van der Waals surface area contributed by atoms with Crippen LogP contribution in [0.1, 0.15) is 31.4 Å². The number of nitrogens with zero attached hydrogens (tertiary/aromatic N) is 1. The number of benzene rings is 1. The highest BCUT2D eigenvalue weighted by Crippen LogP contribution is 2.24. The number of furan rings is 1. The predicted molar refractivity (Wildman–Crippen MR) is 95.9 cm³/mol. The van der Waals surface area contributed by atoms with Gasteiger partial charge in [0.1, 0.15) is 0 Å². The van der Waals surface area contributed by atoms with Gasteiger partial charge in [-0.25, -0.2) is 0 Å². The van der Waals surface area contributed by atoms with Crippen molar-refractivity contribution in [3.63, 3.8) is 0 Å². The summed E-state index contributed by atoms with van der Waals surface area (Å²) in [6.07, 6.45) is 2.30. The summed E-state index contributed by atoms with van der Waals surface area (Å²) in [5, 5.41) is 4.79. The lowest BCUT2D eigenvalue weighted by Crippen LogP contribution is -2.35. The molecule has 1 aromatic carbocycles. The van der Waals surface area contributed by atoms with Gasteiger partial charge in [0.15, 0.2) is 5.76 Å². The van der Waals surface area contributed by atoms with E-state index in [1.54, 1.807) is 23.1 Å². The number of carbonyl (C=O) groups excluding carboxylic acids is 2. The summed E-state index contributed by atoms with van der Waals surface area (Å²) in [6.45, 7) is 1.17. The normalized spacial score (nSPS) is 13.4. The fraction of sp³-hybridized carbons (Fsp3) is 0.158. The van der Waals surface area contributed by atoms with Crippen LogP contribution in [0, 0.1) is 0 Å². The molecule has 25 heavy (non-hydrogen) atoms. The highest BCUT2D eigenvalue weighted by Gasteiger charge is 2.23. The zero-order valence-electron chi connectivity index (χ0n) is 13.4. The summed E-state index contributed by atoms with van der Waals surface area (Å²) in [7, 11) is 0. The Kier molecular flexibility index (Phi) is 4.11. The standard InChI is InChI=1S/C19H16N2O3S/c22-18(17-4-2-10-25-17)20-15-6-5-13-7-8-21(12-14(13)11-15)19(23)16-3-1-9-24-16/h1-6,9-11H,7-8,12H2,(H,20,22). The van der Waals surface area contributed by atoms with Gasteiger partial charge in [0.05, 0.1) is 11.1 Å². The molecular weight excluding hydrogens is 336 g/mol. The second kappa shape index (κ2) is 6.57. The van der Waals surface area contributed by atoms with Crippen LogP contribution in [-0.4, -0.2) is 23.3 Å². The van der Waals surface area contributed by atoms with E-state index in [4.69, 9.17) is 4.42 Å². The topological polar surface area (TPSA) is 62.6 Å². The summed E-state index contributed by atoms with van der Waals surface area (Å²) in [6, 6.07) is 12.9. The van der Waals surface area contributed by atoms with Crippen LogP contribution < -0.4 is 5.32 Å². The molecule has 0 unspecified atom stereocenters. The summed E-state index contributed by atoms with van der Waals surface area (Å²) in [5.74, 6) is 0.128. The van der Waals surface area contributed by atoms with E-state index in [2.05, 4.69) is 5.32 Å². The van der Waals surface area contributed by atoms with E-state index in [0.717, 1.165) is 17.7 Å². The first-order valence-corrected chi connectivity index (χ1v) is 8.88. The first-order chi connectivity index (χ1) is 12.2. The van der Waals surface area contributed by atoms with Crippen LogP contribution in [0.2, 0.25) is 0 Å². The number of anilines is 1. The van der Waals surface area contributed by atoms with Crippen LogP contribution in [0.4, 0.5) is 5.69 Å². The average Bonchev–Trinajstić information content (AvgIpc) is 3.34. The van der Waals surface area contributed by atoms with Crippen molar-refractivity contribution in [3.05, 3.63) is 75.9 Å². The fourth-order valence-corrected chi connectivity index (χ4v) is 3.58. The third-order valence-corrected chi connectivity index (χ3v) is 5.11. The fourth-order valence-electron chi connectivity index (χ4n) is 2.96. The number of hydrogen-bond donors (Lipinski definition) is 1. The van der Waals surface area contributed by atoms with Crippen molar-refractivity contribution in [2.45, 2.75) is 13.0 Å². The minimum absolute atomic E-state index is 0.108. The van der Waals surface area contributed by atoms with Crippen molar-refractivity contribution in [2.75, 3.05) is 11.9 Å². The molecule has 2 amide bonds. The van der Waals surface area contributed by atoms with Gasteiger partial charge in [-0.3, -0.25) is 9.59 Å². The van der Waals surface area contributed by atoms with Crippen LogP contribution in [0.3, 0.4) is 0 Å². The first-order valence-electron chi connectivity index (χ1n) is 8.00. The number of hydrogen-bond acceptors (Lipinski definition) is 4. The zero-order valence-corrected chi connectivity index (χ0v) is 14.2. The zero-order chi connectivity index (χ0) is 17.2. The van der Waals surface area contributed by atoms with Crippen molar-refractivity contribution in [1.29, 1.82) is 0 Å². The molecule has 0 bridgehead atoms. The van der Waals surface area contributed by atoms with Gasteiger partial charge in [-0.15, -0.1) is 11.3 Å². The quantitative estimate of drug-likeness (QED) is 0.780. The Labute approximate surface area is 148 Å². The molecule has 2 aromatic heterocycles. The van der Waals surface area contributed by atoms with Gasteiger partial charge in [-0.05, 0) is 53.3 Å². The molecular formula is C19H16N2O3S. The number of fused-ring (bicyclic) bond motifs is 1. The van der Waals surface area contributed by atoms with Crippen LogP contribution in [0.15, 0.2) is 58.5 Å². The van der Waals surface area contributed by atoms with Gasteiger partial charge in [0.25, 0.3) is 11.8 Å². The molecule has 126 valence electrons. The highest BCUT2D eigenvalue weighted by atomic mass is 32.1. The van der Waals surface area contributed by atoms with Gasteiger partial charge in [0.2, 0.25) is 0 Å². The van der Waals surface area contributed by atoms with Gasteiger partial charge >= 0.3 is 0 Å². The lowest BCUT2D eigenvalue weighted by Gasteiger charge is -2.28. The maximum atomic E-state index is 12.5. The molecule has 0 aliphatic carbocycles. The molecule has 3 heterocycles. The van der Waals surface area contributed by atoms with E-state index >= 15 is 0 Å². The second-order valence-electron chi connectivity index (χ2n) is 5.87. The third-order valence-electron chi connectivity index (χ3n) is 4.24. The van der Waals surface area contributed by atoms with E-state index in [9.17, 15) is 9.59 Å². The summed E-state index contributed by atoms with van der Waals surface area (Å²) < 4.78 is 5.21. The van der Waals surface area contributed by atoms with Gasteiger partial charge in [-0.1, -0.05) is 12.1 Å². The molecule has 6 heteroatoms. The number of nitrogens with one attached hydrogen (secondary N) is 1. The van der Waals surface area contributed by atoms with Crippen LogP contribution >= 0.6 is 11.3 Å². The molecule has 1 N–H and O–H groups in total. The SMILES string of the molecule is O=C(Nc1ccc2c(c1)CN(C(=O)c1ccco1)CC2)c1cccs1. The molecule has 0 atom stereocenters. The van der Waals surface area contributed by atoms with E-state index in [0.29, 0.717) is 23.7 Å². The van der Waals surface area contributed by atoms with E-state index < -0.39 is 0 Å². The molecule has 0 saturated carbocycles. The van der Waals surface area contributed by atoms with Crippen molar-refractivity contribution in [2.24, 2.45) is 0 Å². The maximum absolute atomic E-state index is 12.5. The Bertz CT molecular complexity index is 901. The molecule has 0 fully saturated rings. The van der Waals surface area contributed by atoms with Crippen molar-refractivity contribution in [1.82, 2.24) is 4.90 Å². The molecule has 0 radical (unpaired) electrons. The molecule has 5 nitrogen and oxygen atoms in total. The predicted octanol–water partition coefficient (Wildman–Crippen LogP) is 3.79. The van der Waals surface area contributed by atoms with Crippen LogP contribution in [0.25, 0.3) is 0 Å². The summed E-state index contributed by atoms with van der Waals surface area (Å²) >= 11 is 1.41. The lowest BCUT2D eigenvalue weighted by molar-refractivity contribution is 0.0702. The monoisotopic (exact) mass is 352 g/mol. The van der Waals surface area contributed by atoms with Gasteiger partial charge in [0, 0.05) is 18.8 Å². The summed E-state index contributed by atoms with van der Waals surface area (Å²) in [4.78, 5) is 27.1. The Morgan fingerprint density at radius 3 is 2.80 bits per heavy atom. The number of thiophene rings is 1. The Balaban J connectivity index is 1.51. The number of carbonyl (C=O) groups is 2. The Hall–Kier alpha value is -2.86. The molecule has 0 spiro atoms. The van der Waals surface area contributed by atoms with Gasteiger partial charge in [-0.2, -0.15) is 0 Å². The van der Waals surface area contributed by atoms with Crippen molar-refractivity contribution >= 4 is 28.8 Å². The molecule has 4 rings (SSSR count). The van der Waals surface area contributed by atoms with E-state index in [1.165, 1.54) is 23.2 Å². The van der Waals surface area contributed by atoms with Crippen molar-refractivity contribution in [3.8, 4) is 0 Å². The molecule has 1 aliphatic rings. The molecule has 1 aliphatic heterocycles. The highest BCUT2D eigenvalue weighted by molar-refractivity contribution is 7.12. The summed E-state index contributed by atoms with van der Waals surface area (Å²) in [5.41, 5.74) is 3.00. The smallest absolute Gasteiger partial charge is 0.289 e. The Morgan fingerprint density at radius 1 is 1.12 bits per heavy atom. The van der Waals surface area contributed by atoms with Crippen LogP contribution in [-0.2, 0) is 13.0 Å². The first kappa shape index (κ1) is 15.7. The minimum atomic E-state index is -0.116. The average molecular weight is 352 g/mol. The van der Waals surface area contributed by atoms with Crippen molar-refractivity contribution < 1.29 is 14.0 Å². The minimum Gasteiger partial charge on any atom is -0.459 e. The number of amides is 2. The molecule has 3 aromatic rings. The van der Waals surface area contributed by atoms with Gasteiger partial charge < -0.3 is 14.6 Å². The second-order valence-corrected chi connectivity index (χ2v) is 6.82. The number of rotatable bonds is 3. The maximum Gasteiger partial charge on any atom is 0.289 e. The molecule has 0 saturated heterocycles. The van der Waals surface area contributed by atoms with Crippen LogP contribution in [0.5, 0.6) is 0 Å². The Morgan fingerprint density at radius 2 is 2.04 bits per heavy atom. The third kappa shape index (κ3) is 3.21.